The Morgan fingerprint density at radius 3 is 3.00 bits per heavy atom. The lowest BCUT2D eigenvalue weighted by molar-refractivity contribution is -0.384. The second-order valence-corrected chi connectivity index (χ2v) is 5.15. The molecule has 0 aliphatic carbocycles. The standard InChI is InChI=1S/C10H11ClN2O2S/c11-8-2-1-3-9(13(14)15)10(8)12-7-4-5-16-6-7/h1-3,7,12H,4-6H2. The minimum atomic E-state index is -0.406. The zero-order valence-electron chi connectivity index (χ0n) is 8.48. The van der Waals surface area contributed by atoms with Gasteiger partial charge in [0.2, 0.25) is 0 Å². The van der Waals surface area contributed by atoms with Gasteiger partial charge in [0.25, 0.3) is 5.69 Å². The molecule has 1 aromatic carbocycles. The average molecular weight is 259 g/mol. The van der Waals surface area contributed by atoms with Crippen LogP contribution in [0.3, 0.4) is 0 Å². The molecule has 1 saturated heterocycles. The molecule has 0 saturated carbocycles. The Hall–Kier alpha value is -0.940. The topological polar surface area (TPSA) is 55.2 Å². The molecule has 0 spiro atoms. The number of rotatable bonds is 3. The maximum absolute atomic E-state index is 10.8. The first-order chi connectivity index (χ1) is 7.68. The third kappa shape index (κ3) is 2.41. The van der Waals surface area contributed by atoms with Crippen molar-refractivity contribution in [3.8, 4) is 0 Å². The summed E-state index contributed by atoms with van der Waals surface area (Å²) in [4.78, 5) is 10.4. The first-order valence-corrected chi connectivity index (χ1v) is 6.49. The zero-order valence-corrected chi connectivity index (χ0v) is 10.1. The van der Waals surface area contributed by atoms with Crippen LogP contribution in [0.2, 0.25) is 5.02 Å². The molecular formula is C10H11ClN2O2S. The molecule has 86 valence electrons. The molecule has 1 aliphatic heterocycles. The van der Waals surface area contributed by atoms with E-state index in [1.54, 1.807) is 12.1 Å². The summed E-state index contributed by atoms with van der Waals surface area (Å²) in [5.74, 6) is 2.07. The van der Waals surface area contributed by atoms with Gasteiger partial charge in [0.1, 0.15) is 5.69 Å². The fourth-order valence-electron chi connectivity index (χ4n) is 1.66. The summed E-state index contributed by atoms with van der Waals surface area (Å²) in [5, 5.41) is 14.4. The van der Waals surface area contributed by atoms with Gasteiger partial charge in [0, 0.05) is 17.9 Å². The maximum Gasteiger partial charge on any atom is 0.293 e. The molecule has 1 aliphatic rings. The molecule has 1 N–H and O–H groups in total. The molecule has 1 fully saturated rings. The zero-order chi connectivity index (χ0) is 11.5. The highest BCUT2D eigenvalue weighted by molar-refractivity contribution is 7.99. The van der Waals surface area contributed by atoms with Crippen LogP contribution in [0.4, 0.5) is 11.4 Å². The Bertz CT molecular complexity index is 408. The summed E-state index contributed by atoms with van der Waals surface area (Å²) in [7, 11) is 0. The van der Waals surface area contributed by atoms with Gasteiger partial charge >= 0.3 is 0 Å². The summed E-state index contributed by atoms with van der Waals surface area (Å²) in [6, 6.07) is 5.01. The number of nitrogens with one attached hydrogen (secondary N) is 1. The molecule has 0 amide bonds. The molecule has 2 rings (SSSR count). The molecule has 0 radical (unpaired) electrons. The van der Waals surface area contributed by atoms with Gasteiger partial charge in [-0.1, -0.05) is 17.7 Å². The summed E-state index contributed by atoms with van der Waals surface area (Å²) in [6.45, 7) is 0. The van der Waals surface area contributed by atoms with E-state index in [1.165, 1.54) is 6.07 Å². The molecule has 0 aromatic heterocycles. The van der Waals surface area contributed by atoms with E-state index in [9.17, 15) is 10.1 Å². The van der Waals surface area contributed by atoms with Crippen LogP contribution in [-0.4, -0.2) is 22.5 Å². The number of benzene rings is 1. The van der Waals surface area contributed by atoms with Crippen LogP contribution >= 0.6 is 23.4 Å². The Kier molecular flexibility index (Phi) is 3.56. The van der Waals surface area contributed by atoms with Gasteiger partial charge < -0.3 is 5.32 Å². The number of thioether (sulfide) groups is 1. The predicted molar refractivity (Wildman–Crippen MR) is 67.5 cm³/mol. The van der Waals surface area contributed by atoms with E-state index in [0.29, 0.717) is 10.7 Å². The normalized spacial score (nSPS) is 19.7. The lowest BCUT2D eigenvalue weighted by Crippen LogP contribution is -2.19. The number of nitrogens with zero attached hydrogens (tertiary/aromatic N) is 1. The number of hydrogen-bond acceptors (Lipinski definition) is 4. The van der Waals surface area contributed by atoms with Crippen LogP contribution in [0, 0.1) is 10.1 Å². The quantitative estimate of drug-likeness (QED) is 0.668. The lowest BCUT2D eigenvalue weighted by atomic mass is 10.2. The Balaban J connectivity index is 2.26. The largest absolute Gasteiger partial charge is 0.375 e. The second-order valence-electron chi connectivity index (χ2n) is 3.60. The SMILES string of the molecule is O=[N+]([O-])c1cccc(Cl)c1NC1CCSC1. The third-order valence-corrected chi connectivity index (χ3v) is 3.94. The lowest BCUT2D eigenvalue weighted by Gasteiger charge is -2.13. The van der Waals surface area contributed by atoms with Crippen molar-refractivity contribution in [1.29, 1.82) is 0 Å². The van der Waals surface area contributed by atoms with Crippen LogP contribution in [0.25, 0.3) is 0 Å². The summed E-state index contributed by atoms with van der Waals surface area (Å²) in [5.41, 5.74) is 0.492. The van der Waals surface area contributed by atoms with Crippen molar-refractivity contribution in [1.82, 2.24) is 0 Å². The average Bonchev–Trinajstić information content (AvgIpc) is 2.73. The highest BCUT2D eigenvalue weighted by Crippen LogP contribution is 2.34. The van der Waals surface area contributed by atoms with Crippen LogP contribution in [-0.2, 0) is 0 Å². The van der Waals surface area contributed by atoms with Crippen LogP contribution < -0.4 is 5.32 Å². The molecule has 1 unspecified atom stereocenters. The third-order valence-electron chi connectivity index (χ3n) is 2.47. The maximum atomic E-state index is 10.8. The van der Waals surface area contributed by atoms with Crippen molar-refractivity contribution in [3.05, 3.63) is 33.3 Å². The number of hydrogen-bond donors (Lipinski definition) is 1. The molecule has 4 nitrogen and oxygen atoms in total. The fourth-order valence-corrected chi connectivity index (χ4v) is 3.04. The highest BCUT2D eigenvalue weighted by Gasteiger charge is 2.22. The van der Waals surface area contributed by atoms with Gasteiger partial charge in [-0.05, 0) is 18.2 Å². The van der Waals surface area contributed by atoms with Crippen molar-refractivity contribution in [2.24, 2.45) is 0 Å². The van der Waals surface area contributed by atoms with E-state index in [1.807, 2.05) is 11.8 Å². The van der Waals surface area contributed by atoms with E-state index in [2.05, 4.69) is 5.32 Å². The molecule has 6 heteroatoms. The van der Waals surface area contributed by atoms with Gasteiger partial charge in [-0.2, -0.15) is 11.8 Å². The number of para-hydroxylation sites is 1. The fraction of sp³-hybridized carbons (Fsp3) is 0.400. The number of anilines is 1. The Morgan fingerprint density at radius 1 is 1.56 bits per heavy atom. The van der Waals surface area contributed by atoms with E-state index in [4.69, 9.17) is 11.6 Å². The molecule has 1 heterocycles. The van der Waals surface area contributed by atoms with Gasteiger partial charge in [-0.15, -0.1) is 0 Å². The molecule has 0 bridgehead atoms. The second kappa shape index (κ2) is 4.93. The molecule has 1 aromatic rings. The Morgan fingerprint density at radius 2 is 2.38 bits per heavy atom. The minimum Gasteiger partial charge on any atom is -0.375 e. The summed E-state index contributed by atoms with van der Waals surface area (Å²) in [6.07, 6.45) is 1.02. The minimum absolute atomic E-state index is 0.0457. The van der Waals surface area contributed by atoms with Gasteiger partial charge in [-0.3, -0.25) is 10.1 Å². The monoisotopic (exact) mass is 258 g/mol. The smallest absolute Gasteiger partial charge is 0.293 e. The molecule has 16 heavy (non-hydrogen) atoms. The van der Waals surface area contributed by atoms with Gasteiger partial charge in [0.05, 0.1) is 9.95 Å². The van der Waals surface area contributed by atoms with Gasteiger partial charge in [-0.25, -0.2) is 0 Å². The van der Waals surface area contributed by atoms with Gasteiger partial charge in [0.15, 0.2) is 0 Å². The Labute approximate surface area is 103 Å². The van der Waals surface area contributed by atoms with E-state index in [0.717, 1.165) is 17.9 Å². The van der Waals surface area contributed by atoms with Crippen molar-refractivity contribution in [2.45, 2.75) is 12.5 Å². The molecular weight excluding hydrogens is 248 g/mol. The number of halogens is 1. The summed E-state index contributed by atoms with van der Waals surface area (Å²) >= 11 is 7.82. The predicted octanol–water partition coefficient (Wildman–Crippen LogP) is 3.17. The van der Waals surface area contributed by atoms with Crippen LogP contribution in [0.15, 0.2) is 18.2 Å². The number of nitro groups is 1. The van der Waals surface area contributed by atoms with Crippen molar-refractivity contribution < 1.29 is 4.92 Å². The number of nitro benzene ring substituents is 1. The van der Waals surface area contributed by atoms with E-state index in [-0.39, 0.29) is 11.7 Å². The molecule has 1 atom stereocenters. The highest BCUT2D eigenvalue weighted by atomic mass is 35.5. The first kappa shape index (κ1) is 11.5. The van der Waals surface area contributed by atoms with E-state index >= 15 is 0 Å². The van der Waals surface area contributed by atoms with Crippen molar-refractivity contribution in [2.75, 3.05) is 16.8 Å². The first-order valence-electron chi connectivity index (χ1n) is 4.95. The van der Waals surface area contributed by atoms with Crippen molar-refractivity contribution in [3.63, 3.8) is 0 Å². The van der Waals surface area contributed by atoms with Crippen LogP contribution in [0.1, 0.15) is 6.42 Å². The van der Waals surface area contributed by atoms with Crippen molar-refractivity contribution >= 4 is 34.7 Å². The summed E-state index contributed by atoms with van der Waals surface area (Å²) < 4.78 is 0. The van der Waals surface area contributed by atoms with Crippen LogP contribution in [0.5, 0.6) is 0 Å². The van der Waals surface area contributed by atoms with E-state index < -0.39 is 4.92 Å².